The first-order chi connectivity index (χ1) is 9.76. The Morgan fingerprint density at radius 1 is 1.14 bits per heavy atom. The first kappa shape index (κ1) is 15.5. The molecule has 1 heterocycles. The van der Waals surface area contributed by atoms with Crippen LogP contribution in [0.15, 0.2) is 30.3 Å². The third kappa shape index (κ3) is 3.26. The largest absolute Gasteiger partial charge is 0.459 e. The summed E-state index contributed by atoms with van der Waals surface area (Å²) >= 11 is 0. The van der Waals surface area contributed by atoms with E-state index in [4.69, 9.17) is 4.74 Å². The Bertz CT molecular complexity index is 504. The van der Waals surface area contributed by atoms with E-state index in [9.17, 15) is 9.59 Å². The van der Waals surface area contributed by atoms with Gasteiger partial charge in [-0.15, -0.1) is 0 Å². The lowest BCUT2D eigenvalue weighted by Crippen LogP contribution is -2.61. The topological polar surface area (TPSA) is 46.6 Å². The van der Waals surface area contributed by atoms with Crippen LogP contribution in [0.25, 0.3) is 0 Å². The zero-order chi connectivity index (χ0) is 15.7. The highest BCUT2D eigenvalue weighted by molar-refractivity contribution is 5.89. The molecule has 0 radical (unpaired) electrons. The van der Waals surface area contributed by atoms with Crippen LogP contribution in [0, 0.1) is 0 Å². The molecule has 0 N–H and O–H groups in total. The summed E-state index contributed by atoms with van der Waals surface area (Å²) < 4.78 is 5.66. The van der Waals surface area contributed by atoms with Crippen molar-refractivity contribution in [3.05, 3.63) is 35.9 Å². The van der Waals surface area contributed by atoms with Crippen LogP contribution in [-0.4, -0.2) is 34.5 Å². The molecule has 1 aliphatic rings. The van der Waals surface area contributed by atoms with Crippen molar-refractivity contribution in [3.63, 3.8) is 0 Å². The highest BCUT2D eigenvalue weighted by Gasteiger charge is 2.45. The van der Waals surface area contributed by atoms with Gasteiger partial charge in [0.25, 0.3) is 0 Å². The summed E-state index contributed by atoms with van der Waals surface area (Å²) in [5.41, 5.74) is -0.0954. The molecule has 4 heteroatoms. The molecule has 1 saturated heterocycles. The van der Waals surface area contributed by atoms with Gasteiger partial charge in [0.05, 0.1) is 5.56 Å². The van der Waals surface area contributed by atoms with E-state index in [2.05, 4.69) is 0 Å². The highest BCUT2D eigenvalue weighted by atomic mass is 16.5. The molecular weight excluding hydrogens is 266 g/mol. The average Bonchev–Trinajstić information content (AvgIpc) is 2.37. The first-order valence-corrected chi connectivity index (χ1v) is 7.27. The summed E-state index contributed by atoms with van der Waals surface area (Å²) in [7, 11) is 0. The first-order valence-electron chi connectivity index (χ1n) is 7.27. The number of likely N-dealkylation sites (tertiary alicyclic amines) is 1. The Morgan fingerprint density at radius 2 is 1.67 bits per heavy atom. The standard InChI is InChI=1S/C17H23NO3/c1-16(2)10-14(11-17(3,4)18(16)12-19)21-15(20)13-8-6-5-7-9-13/h5-9,12,14H,10-11H2,1-4H3. The molecule has 0 aromatic heterocycles. The maximum atomic E-state index is 12.2. The van der Waals surface area contributed by atoms with Crippen molar-refractivity contribution in [2.24, 2.45) is 0 Å². The van der Waals surface area contributed by atoms with E-state index in [0.717, 1.165) is 6.41 Å². The smallest absolute Gasteiger partial charge is 0.338 e. The van der Waals surface area contributed by atoms with E-state index in [1.165, 1.54) is 0 Å². The summed E-state index contributed by atoms with van der Waals surface area (Å²) in [5, 5.41) is 0. The number of benzene rings is 1. The predicted molar refractivity (Wildman–Crippen MR) is 80.9 cm³/mol. The number of rotatable bonds is 3. The van der Waals surface area contributed by atoms with Crippen LogP contribution in [0.5, 0.6) is 0 Å². The molecule has 1 aliphatic heterocycles. The van der Waals surface area contributed by atoms with E-state index in [1.54, 1.807) is 12.1 Å². The number of ether oxygens (including phenoxy) is 1. The van der Waals surface area contributed by atoms with Gasteiger partial charge in [0, 0.05) is 23.9 Å². The van der Waals surface area contributed by atoms with Gasteiger partial charge in [-0.1, -0.05) is 18.2 Å². The third-order valence-corrected chi connectivity index (χ3v) is 4.15. The van der Waals surface area contributed by atoms with E-state index in [1.807, 2.05) is 50.8 Å². The normalized spacial score (nSPS) is 20.9. The minimum Gasteiger partial charge on any atom is -0.459 e. The Labute approximate surface area is 126 Å². The minimum atomic E-state index is -0.328. The summed E-state index contributed by atoms with van der Waals surface area (Å²) in [4.78, 5) is 25.4. The van der Waals surface area contributed by atoms with Crippen molar-refractivity contribution < 1.29 is 14.3 Å². The molecule has 0 unspecified atom stereocenters. The molecular formula is C17H23NO3. The molecule has 1 aromatic rings. The van der Waals surface area contributed by atoms with E-state index in [0.29, 0.717) is 18.4 Å². The fourth-order valence-corrected chi connectivity index (χ4v) is 3.36. The monoisotopic (exact) mass is 289 g/mol. The fourth-order valence-electron chi connectivity index (χ4n) is 3.36. The van der Waals surface area contributed by atoms with Gasteiger partial charge in [0.15, 0.2) is 0 Å². The molecule has 0 aliphatic carbocycles. The molecule has 114 valence electrons. The zero-order valence-electron chi connectivity index (χ0n) is 13.1. The number of carbonyl (C=O) groups excluding carboxylic acids is 2. The van der Waals surface area contributed by atoms with Gasteiger partial charge in [0.1, 0.15) is 6.10 Å². The number of piperidine rings is 1. The van der Waals surface area contributed by atoms with Crippen LogP contribution < -0.4 is 0 Å². The number of amides is 1. The van der Waals surface area contributed by atoms with Gasteiger partial charge >= 0.3 is 5.97 Å². The van der Waals surface area contributed by atoms with Gasteiger partial charge < -0.3 is 9.64 Å². The van der Waals surface area contributed by atoms with Crippen LogP contribution in [-0.2, 0) is 9.53 Å². The van der Waals surface area contributed by atoms with Crippen LogP contribution in [0.3, 0.4) is 0 Å². The number of esters is 1. The molecule has 0 bridgehead atoms. The predicted octanol–water partition coefficient (Wildman–Crippen LogP) is 3.02. The van der Waals surface area contributed by atoms with Crippen LogP contribution in [0.1, 0.15) is 50.9 Å². The summed E-state index contributed by atoms with van der Waals surface area (Å²) in [6.07, 6.45) is 2.01. The molecule has 0 saturated carbocycles. The molecule has 1 amide bonds. The second kappa shape index (κ2) is 5.51. The molecule has 2 rings (SSSR count). The average molecular weight is 289 g/mol. The summed E-state index contributed by atoms with van der Waals surface area (Å²) in [6.45, 7) is 8.02. The molecule has 4 nitrogen and oxygen atoms in total. The van der Waals surface area contributed by atoms with Crippen molar-refractivity contribution in [1.82, 2.24) is 4.90 Å². The zero-order valence-corrected chi connectivity index (χ0v) is 13.1. The van der Waals surface area contributed by atoms with Crippen LogP contribution in [0.2, 0.25) is 0 Å². The van der Waals surface area contributed by atoms with Gasteiger partial charge in [-0.2, -0.15) is 0 Å². The summed E-state index contributed by atoms with van der Waals surface area (Å²) in [6, 6.07) is 9.00. The molecule has 1 fully saturated rings. The Hall–Kier alpha value is -1.84. The molecule has 21 heavy (non-hydrogen) atoms. The van der Waals surface area contributed by atoms with Crippen molar-refractivity contribution in [3.8, 4) is 0 Å². The maximum Gasteiger partial charge on any atom is 0.338 e. The van der Waals surface area contributed by atoms with Gasteiger partial charge in [-0.25, -0.2) is 4.79 Å². The second-order valence-corrected chi connectivity index (χ2v) is 6.90. The van der Waals surface area contributed by atoms with E-state index in [-0.39, 0.29) is 23.2 Å². The Kier molecular flexibility index (Phi) is 4.08. The minimum absolute atomic E-state index is 0.182. The lowest BCUT2D eigenvalue weighted by molar-refractivity contribution is -0.140. The van der Waals surface area contributed by atoms with Crippen LogP contribution in [0.4, 0.5) is 0 Å². The lowest BCUT2D eigenvalue weighted by Gasteiger charge is -2.53. The Morgan fingerprint density at radius 3 is 2.14 bits per heavy atom. The van der Waals surface area contributed by atoms with E-state index < -0.39 is 0 Å². The number of nitrogens with zero attached hydrogens (tertiary/aromatic N) is 1. The molecule has 0 spiro atoms. The highest BCUT2D eigenvalue weighted by Crippen LogP contribution is 2.38. The van der Waals surface area contributed by atoms with Crippen LogP contribution >= 0.6 is 0 Å². The fraction of sp³-hybridized carbons (Fsp3) is 0.529. The summed E-state index contributed by atoms with van der Waals surface area (Å²) in [5.74, 6) is -0.299. The van der Waals surface area contributed by atoms with Crippen molar-refractivity contribution in [2.45, 2.75) is 57.7 Å². The van der Waals surface area contributed by atoms with Gasteiger partial charge in [-0.3, -0.25) is 4.79 Å². The quantitative estimate of drug-likeness (QED) is 0.635. The third-order valence-electron chi connectivity index (χ3n) is 4.15. The number of carbonyl (C=O) groups is 2. The van der Waals surface area contributed by atoms with Crippen molar-refractivity contribution >= 4 is 12.4 Å². The van der Waals surface area contributed by atoms with Gasteiger partial charge in [-0.05, 0) is 39.8 Å². The van der Waals surface area contributed by atoms with Crippen molar-refractivity contribution in [2.75, 3.05) is 0 Å². The molecule has 1 aromatic carbocycles. The Balaban J connectivity index is 2.12. The SMILES string of the molecule is CC1(C)CC(OC(=O)c2ccccc2)CC(C)(C)N1C=O. The molecule has 0 atom stereocenters. The second-order valence-electron chi connectivity index (χ2n) is 6.90. The lowest BCUT2D eigenvalue weighted by atomic mass is 9.78. The van der Waals surface area contributed by atoms with E-state index >= 15 is 0 Å². The number of hydrogen-bond acceptors (Lipinski definition) is 3. The maximum absolute atomic E-state index is 12.2. The van der Waals surface area contributed by atoms with Gasteiger partial charge in [0.2, 0.25) is 6.41 Å². The van der Waals surface area contributed by atoms with Crippen molar-refractivity contribution in [1.29, 1.82) is 0 Å². The number of hydrogen-bond donors (Lipinski definition) is 0.